The molecule has 1 heterocycles. The lowest BCUT2D eigenvalue weighted by Crippen LogP contribution is -3.19. The highest BCUT2D eigenvalue weighted by atomic mass is 16.5. The Bertz CT molecular complexity index is 493. The van der Waals surface area contributed by atoms with Crippen molar-refractivity contribution in [3.63, 3.8) is 0 Å². The van der Waals surface area contributed by atoms with E-state index in [9.17, 15) is 4.79 Å². The number of anilines is 1. The van der Waals surface area contributed by atoms with Gasteiger partial charge in [-0.1, -0.05) is 13.8 Å². The van der Waals surface area contributed by atoms with Gasteiger partial charge in [0.15, 0.2) is 6.04 Å². The zero-order valence-corrected chi connectivity index (χ0v) is 14.8. The topological polar surface area (TPSA) is 46.0 Å². The summed E-state index contributed by atoms with van der Waals surface area (Å²) in [6.07, 6.45) is 0. The molecule has 2 N–H and O–H groups in total. The molecule has 1 aliphatic rings. The standard InChI is InChI=1S/C18H29N3O2/c1-14(2)13-19-18(22)15(3)20-9-11-21(12-10-20)16-5-7-17(23-4)8-6-16/h5-8,14-15H,9-13H2,1-4H3,(H,19,22)/p+1/t15-/m0/s1. The van der Waals surface area contributed by atoms with Gasteiger partial charge in [0.1, 0.15) is 5.75 Å². The molecule has 0 radical (unpaired) electrons. The average Bonchev–Trinajstić information content (AvgIpc) is 2.59. The fraction of sp³-hybridized carbons (Fsp3) is 0.611. The zero-order valence-electron chi connectivity index (χ0n) is 14.8. The number of piperazine rings is 1. The maximum Gasteiger partial charge on any atom is 0.278 e. The van der Waals surface area contributed by atoms with Crippen molar-refractivity contribution in [2.24, 2.45) is 5.92 Å². The summed E-state index contributed by atoms with van der Waals surface area (Å²) in [5, 5.41) is 3.05. The van der Waals surface area contributed by atoms with Crippen molar-refractivity contribution in [2.45, 2.75) is 26.8 Å². The maximum atomic E-state index is 12.2. The molecule has 0 spiro atoms. The Morgan fingerprint density at radius 2 is 1.83 bits per heavy atom. The van der Waals surface area contributed by atoms with E-state index in [0.717, 1.165) is 38.5 Å². The van der Waals surface area contributed by atoms with Gasteiger partial charge in [-0.2, -0.15) is 0 Å². The molecule has 2 rings (SSSR count). The molecule has 23 heavy (non-hydrogen) atoms. The van der Waals surface area contributed by atoms with Crippen molar-refractivity contribution < 1.29 is 14.4 Å². The van der Waals surface area contributed by atoms with E-state index in [1.54, 1.807) is 7.11 Å². The molecule has 1 aromatic rings. The molecule has 0 aromatic heterocycles. The molecular weight excluding hydrogens is 290 g/mol. The number of ether oxygens (including phenoxy) is 1. The molecule has 0 aliphatic carbocycles. The SMILES string of the molecule is COc1ccc(N2CC[NH+]([C@@H](C)C(=O)NCC(C)C)CC2)cc1. The van der Waals surface area contributed by atoms with Gasteiger partial charge in [0, 0.05) is 12.2 Å². The zero-order chi connectivity index (χ0) is 16.8. The number of rotatable bonds is 6. The van der Waals surface area contributed by atoms with E-state index in [-0.39, 0.29) is 11.9 Å². The second-order valence-corrected chi connectivity index (χ2v) is 6.70. The van der Waals surface area contributed by atoms with Gasteiger partial charge in [0.05, 0.1) is 33.3 Å². The first-order valence-electron chi connectivity index (χ1n) is 8.52. The fourth-order valence-corrected chi connectivity index (χ4v) is 2.92. The summed E-state index contributed by atoms with van der Waals surface area (Å²) in [5.74, 6) is 1.55. The maximum absolute atomic E-state index is 12.2. The molecule has 1 amide bonds. The number of amides is 1. The third kappa shape index (κ3) is 4.86. The van der Waals surface area contributed by atoms with Crippen molar-refractivity contribution in [1.29, 1.82) is 0 Å². The van der Waals surface area contributed by atoms with Crippen molar-refractivity contribution >= 4 is 11.6 Å². The molecule has 1 atom stereocenters. The molecule has 0 bridgehead atoms. The molecule has 0 saturated carbocycles. The Hall–Kier alpha value is -1.75. The summed E-state index contributed by atoms with van der Waals surface area (Å²) in [5.41, 5.74) is 1.22. The number of carbonyl (C=O) groups excluding carboxylic acids is 1. The first-order chi connectivity index (χ1) is 11.0. The van der Waals surface area contributed by atoms with Crippen molar-refractivity contribution in [1.82, 2.24) is 5.32 Å². The van der Waals surface area contributed by atoms with Crippen LogP contribution in [-0.2, 0) is 4.79 Å². The second-order valence-electron chi connectivity index (χ2n) is 6.70. The number of hydrogen-bond donors (Lipinski definition) is 2. The highest BCUT2D eigenvalue weighted by molar-refractivity contribution is 5.79. The van der Waals surface area contributed by atoms with Crippen LogP contribution in [0.25, 0.3) is 0 Å². The molecule has 128 valence electrons. The molecule has 1 aliphatic heterocycles. The average molecular weight is 320 g/mol. The predicted octanol–water partition coefficient (Wildman–Crippen LogP) is 0.561. The minimum atomic E-state index is 0.0202. The summed E-state index contributed by atoms with van der Waals surface area (Å²) >= 11 is 0. The highest BCUT2D eigenvalue weighted by Gasteiger charge is 2.29. The van der Waals surface area contributed by atoms with Crippen LogP contribution < -0.4 is 19.9 Å². The number of quaternary nitrogens is 1. The van der Waals surface area contributed by atoms with Crippen LogP contribution in [0.5, 0.6) is 5.75 Å². The number of hydrogen-bond acceptors (Lipinski definition) is 3. The van der Waals surface area contributed by atoms with Gasteiger partial charge in [0.2, 0.25) is 0 Å². The minimum absolute atomic E-state index is 0.0202. The largest absolute Gasteiger partial charge is 0.497 e. The van der Waals surface area contributed by atoms with Gasteiger partial charge in [-0.3, -0.25) is 4.79 Å². The van der Waals surface area contributed by atoms with Crippen molar-refractivity contribution in [3.8, 4) is 5.75 Å². The Kier molecular flexibility index (Phi) is 6.28. The van der Waals surface area contributed by atoms with Crippen LogP contribution in [0.4, 0.5) is 5.69 Å². The summed E-state index contributed by atoms with van der Waals surface area (Å²) < 4.78 is 5.20. The van der Waals surface area contributed by atoms with E-state index in [1.165, 1.54) is 10.6 Å². The van der Waals surface area contributed by atoms with Gasteiger partial charge in [-0.15, -0.1) is 0 Å². The number of methoxy groups -OCH3 is 1. The normalized spacial score (nSPS) is 17.2. The van der Waals surface area contributed by atoms with Crippen LogP contribution in [0, 0.1) is 5.92 Å². The van der Waals surface area contributed by atoms with Crippen LogP contribution in [0.1, 0.15) is 20.8 Å². The monoisotopic (exact) mass is 320 g/mol. The van der Waals surface area contributed by atoms with Crippen LogP contribution in [0.15, 0.2) is 24.3 Å². The van der Waals surface area contributed by atoms with Crippen molar-refractivity contribution in [3.05, 3.63) is 24.3 Å². The lowest BCUT2D eigenvalue weighted by atomic mass is 10.1. The van der Waals surface area contributed by atoms with E-state index in [2.05, 4.69) is 36.2 Å². The summed E-state index contributed by atoms with van der Waals surface area (Å²) in [4.78, 5) is 16.0. The third-order valence-electron chi connectivity index (χ3n) is 4.53. The van der Waals surface area contributed by atoms with Crippen LogP contribution >= 0.6 is 0 Å². The fourth-order valence-electron chi connectivity index (χ4n) is 2.92. The lowest BCUT2D eigenvalue weighted by Gasteiger charge is -2.36. The van der Waals surface area contributed by atoms with Gasteiger partial charge < -0.3 is 19.9 Å². The Morgan fingerprint density at radius 1 is 1.22 bits per heavy atom. The Labute approximate surface area is 139 Å². The van der Waals surface area contributed by atoms with Gasteiger partial charge in [-0.05, 0) is 37.1 Å². The van der Waals surface area contributed by atoms with Crippen LogP contribution in [-0.4, -0.2) is 51.8 Å². The minimum Gasteiger partial charge on any atom is -0.497 e. The van der Waals surface area contributed by atoms with Crippen molar-refractivity contribution in [2.75, 3.05) is 44.7 Å². The van der Waals surface area contributed by atoms with Gasteiger partial charge >= 0.3 is 0 Å². The third-order valence-corrected chi connectivity index (χ3v) is 4.53. The number of benzene rings is 1. The van der Waals surface area contributed by atoms with E-state index < -0.39 is 0 Å². The number of carbonyl (C=O) groups is 1. The molecule has 1 fully saturated rings. The molecular formula is C18H30N3O2+. The number of nitrogens with one attached hydrogen (secondary N) is 2. The summed E-state index contributed by atoms with van der Waals surface area (Å²) in [6.45, 7) is 11.0. The Balaban J connectivity index is 1.83. The summed E-state index contributed by atoms with van der Waals surface area (Å²) in [6, 6.07) is 8.21. The van der Waals surface area contributed by atoms with E-state index in [1.807, 2.05) is 19.1 Å². The van der Waals surface area contributed by atoms with E-state index in [4.69, 9.17) is 4.74 Å². The molecule has 1 aromatic carbocycles. The van der Waals surface area contributed by atoms with Gasteiger partial charge in [-0.25, -0.2) is 0 Å². The predicted molar refractivity (Wildman–Crippen MR) is 93.2 cm³/mol. The van der Waals surface area contributed by atoms with Crippen LogP contribution in [0.3, 0.4) is 0 Å². The number of nitrogens with zero attached hydrogens (tertiary/aromatic N) is 1. The molecule has 5 nitrogen and oxygen atoms in total. The smallest absolute Gasteiger partial charge is 0.278 e. The van der Waals surface area contributed by atoms with Crippen LogP contribution in [0.2, 0.25) is 0 Å². The molecule has 1 saturated heterocycles. The Morgan fingerprint density at radius 3 is 2.35 bits per heavy atom. The van der Waals surface area contributed by atoms with E-state index >= 15 is 0 Å². The second kappa shape index (κ2) is 8.20. The lowest BCUT2D eigenvalue weighted by molar-refractivity contribution is -0.914. The van der Waals surface area contributed by atoms with Gasteiger partial charge in [0.25, 0.3) is 5.91 Å². The van der Waals surface area contributed by atoms with E-state index in [0.29, 0.717) is 5.92 Å². The first kappa shape index (κ1) is 17.6. The molecule has 5 heteroatoms. The molecule has 0 unspecified atom stereocenters. The first-order valence-corrected chi connectivity index (χ1v) is 8.52. The quantitative estimate of drug-likeness (QED) is 0.805. The highest BCUT2D eigenvalue weighted by Crippen LogP contribution is 2.18. The summed E-state index contributed by atoms with van der Waals surface area (Å²) in [7, 11) is 1.68.